The number of hydrogen-bond donors (Lipinski definition) is 1. The van der Waals surface area contributed by atoms with Gasteiger partial charge in [0.05, 0.1) is 17.5 Å². The Bertz CT molecular complexity index is 939. The Morgan fingerprint density at radius 1 is 1.15 bits per heavy atom. The van der Waals surface area contributed by atoms with Crippen molar-refractivity contribution in [1.82, 2.24) is 20.1 Å². The second-order valence-corrected chi connectivity index (χ2v) is 7.22. The Morgan fingerprint density at radius 3 is 2.56 bits per heavy atom. The van der Waals surface area contributed by atoms with Crippen LogP contribution in [0.3, 0.4) is 0 Å². The van der Waals surface area contributed by atoms with Crippen LogP contribution >= 0.6 is 11.8 Å². The van der Waals surface area contributed by atoms with Crippen LogP contribution in [0.1, 0.15) is 29.9 Å². The van der Waals surface area contributed by atoms with Crippen molar-refractivity contribution in [2.45, 2.75) is 32.0 Å². The fourth-order valence-corrected chi connectivity index (χ4v) is 3.58. The summed E-state index contributed by atoms with van der Waals surface area (Å²) in [5.74, 6) is 0.578. The second kappa shape index (κ2) is 8.35. The molecule has 140 valence electrons. The molecule has 2 aromatic carbocycles. The molecule has 0 bridgehead atoms. The molecule has 27 heavy (non-hydrogen) atoms. The van der Waals surface area contributed by atoms with Gasteiger partial charge >= 0.3 is 0 Å². The molecular formula is C20H21FN4OS. The van der Waals surface area contributed by atoms with Gasteiger partial charge in [0, 0.05) is 0 Å². The van der Waals surface area contributed by atoms with Gasteiger partial charge in [-0.1, -0.05) is 42.1 Å². The molecule has 0 saturated heterocycles. The van der Waals surface area contributed by atoms with E-state index < -0.39 is 0 Å². The van der Waals surface area contributed by atoms with Gasteiger partial charge in [0.2, 0.25) is 5.91 Å². The van der Waals surface area contributed by atoms with Gasteiger partial charge in [-0.15, -0.1) is 10.2 Å². The van der Waals surface area contributed by atoms with Crippen LogP contribution in [0.2, 0.25) is 0 Å². The lowest BCUT2D eigenvalue weighted by atomic mass is 10.1. The maximum Gasteiger partial charge on any atom is 0.230 e. The first-order chi connectivity index (χ1) is 13.0. The second-order valence-electron chi connectivity index (χ2n) is 6.28. The van der Waals surface area contributed by atoms with E-state index in [0.717, 1.165) is 22.6 Å². The molecular weight excluding hydrogens is 363 g/mol. The molecule has 1 unspecified atom stereocenters. The number of benzene rings is 2. The van der Waals surface area contributed by atoms with Crippen LogP contribution in [0.4, 0.5) is 4.39 Å². The van der Waals surface area contributed by atoms with Crippen LogP contribution < -0.4 is 5.32 Å². The first kappa shape index (κ1) is 19.1. The van der Waals surface area contributed by atoms with Gasteiger partial charge in [-0.25, -0.2) is 4.39 Å². The molecule has 0 aliphatic rings. The molecule has 1 N–H and O–H groups in total. The minimum Gasteiger partial charge on any atom is -0.349 e. The predicted molar refractivity (Wildman–Crippen MR) is 105 cm³/mol. The number of rotatable bonds is 6. The van der Waals surface area contributed by atoms with Crippen LogP contribution in [0.25, 0.3) is 5.69 Å². The number of carbonyl (C=O) groups excluding carboxylic acids is 1. The Morgan fingerprint density at radius 2 is 1.85 bits per heavy atom. The average Bonchev–Trinajstić information content (AvgIpc) is 3.01. The number of amides is 1. The van der Waals surface area contributed by atoms with Crippen molar-refractivity contribution < 1.29 is 9.18 Å². The molecule has 1 heterocycles. The number of halogens is 1. The zero-order valence-corrected chi connectivity index (χ0v) is 16.3. The summed E-state index contributed by atoms with van der Waals surface area (Å²) in [6.45, 7) is 5.79. The Balaban J connectivity index is 1.66. The SMILES string of the molecule is Cc1ccccc1-n1c(C)nnc1SCC(=O)NC(C)c1ccc(F)cc1. The lowest BCUT2D eigenvalue weighted by molar-refractivity contribution is -0.119. The molecule has 7 heteroatoms. The van der Waals surface area contributed by atoms with Crippen LogP contribution in [0, 0.1) is 19.7 Å². The highest BCUT2D eigenvalue weighted by Gasteiger charge is 2.16. The fourth-order valence-electron chi connectivity index (χ4n) is 2.78. The summed E-state index contributed by atoms with van der Waals surface area (Å²) < 4.78 is 15.0. The van der Waals surface area contributed by atoms with Gasteiger partial charge in [0.1, 0.15) is 11.6 Å². The maximum atomic E-state index is 13.0. The molecule has 1 amide bonds. The van der Waals surface area contributed by atoms with E-state index in [4.69, 9.17) is 0 Å². The van der Waals surface area contributed by atoms with E-state index in [1.807, 2.05) is 49.6 Å². The Labute approximate surface area is 162 Å². The third kappa shape index (κ3) is 4.54. The largest absolute Gasteiger partial charge is 0.349 e. The average molecular weight is 384 g/mol. The molecule has 3 aromatic rings. The zero-order chi connectivity index (χ0) is 19.4. The van der Waals surface area contributed by atoms with Gasteiger partial charge in [0.15, 0.2) is 5.16 Å². The number of hydrogen-bond acceptors (Lipinski definition) is 4. The van der Waals surface area contributed by atoms with Gasteiger partial charge < -0.3 is 5.32 Å². The normalized spacial score (nSPS) is 12.0. The van der Waals surface area contributed by atoms with Crippen molar-refractivity contribution in [2.24, 2.45) is 0 Å². The summed E-state index contributed by atoms with van der Waals surface area (Å²) in [7, 11) is 0. The van der Waals surface area contributed by atoms with Gasteiger partial charge in [-0.2, -0.15) is 0 Å². The number of nitrogens with zero attached hydrogens (tertiary/aromatic N) is 3. The van der Waals surface area contributed by atoms with E-state index in [9.17, 15) is 9.18 Å². The molecule has 0 aliphatic carbocycles. The molecule has 1 atom stereocenters. The lowest BCUT2D eigenvalue weighted by Gasteiger charge is -2.14. The summed E-state index contributed by atoms with van der Waals surface area (Å²) in [4.78, 5) is 12.3. The fraction of sp³-hybridized carbons (Fsp3) is 0.250. The third-order valence-corrected chi connectivity index (χ3v) is 5.16. The highest BCUT2D eigenvalue weighted by Crippen LogP contribution is 2.24. The predicted octanol–water partition coefficient (Wildman–Crippen LogP) is 3.99. The van der Waals surface area contributed by atoms with E-state index in [1.165, 1.54) is 23.9 Å². The summed E-state index contributed by atoms with van der Waals surface area (Å²) in [6, 6.07) is 13.9. The van der Waals surface area contributed by atoms with Crippen molar-refractivity contribution in [1.29, 1.82) is 0 Å². The van der Waals surface area contributed by atoms with Gasteiger partial charge in [-0.3, -0.25) is 9.36 Å². The van der Waals surface area contributed by atoms with Crippen LogP contribution in [-0.4, -0.2) is 26.4 Å². The van der Waals surface area contributed by atoms with Crippen molar-refractivity contribution in [3.63, 3.8) is 0 Å². The zero-order valence-electron chi connectivity index (χ0n) is 15.4. The van der Waals surface area contributed by atoms with Crippen LogP contribution in [-0.2, 0) is 4.79 Å². The molecule has 3 rings (SSSR count). The topological polar surface area (TPSA) is 59.8 Å². The number of thioether (sulfide) groups is 1. The van der Waals surface area contributed by atoms with E-state index in [2.05, 4.69) is 15.5 Å². The molecule has 0 spiro atoms. The van der Waals surface area contributed by atoms with Crippen LogP contribution in [0.15, 0.2) is 53.7 Å². The number of para-hydroxylation sites is 1. The van der Waals surface area contributed by atoms with E-state index in [1.54, 1.807) is 12.1 Å². The molecule has 0 saturated carbocycles. The van der Waals surface area contributed by atoms with Crippen molar-refractivity contribution >= 4 is 17.7 Å². The highest BCUT2D eigenvalue weighted by atomic mass is 32.2. The summed E-state index contributed by atoms with van der Waals surface area (Å²) in [5.41, 5.74) is 2.97. The van der Waals surface area contributed by atoms with Crippen molar-refractivity contribution in [3.05, 3.63) is 71.3 Å². The van der Waals surface area contributed by atoms with E-state index in [-0.39, 0.29) is 23.5 Å². The molecule has 0 aliphatic heterocycles. The first-order valence-corrected chi connectivity index (χ1v) is 9.60. The smallest absolute Gasteiger partial charge is 0.230 e. The lowest BCUT2D eigenvalue weighted by Crippen LogP contribution is -2.28. The summed E-state index contributed by atoms with van der Waals surface area (Å²) >= 11 is 1.34. The molecule has 5 nitrogen and oxygen atoms in total. The van der Waals surface area contributed by atoms with Crippen molar-refractivity contribution in [3.8, 4) is 5.69 Å². The molecule has 0 fully saturated rings. The number of nitrogens with one attached hydrogen (secondary N) is 1. The van der Waals surface area contributed by atoms with Gasteiger partial charge in [-0.05, 0) is 50.1 Å². The minimum atomic E-state index is -0.293. The van der Waals surface area contributed by atoms with Crippen LogP contribution in [0.5, 0.6) is 0 Å². The Hall–Kier alpha value is -2.67. The standard InChI is InChI=1S/C20H21FN4OS/c1-13-6-4-5-7-18(13)25-15(3)23-24-20(25)27-12-19(26)22-14(2)16-8-10-17(21)11-9-16/h4-11,14H,12H2,1-3H3,(H,22,26). The monoisotopic (exact) mass is 384 g/mol. The Kier molecular flexibility index (Phi) is 5.91. The van der Waals surface area contributed by atoms with Gasteiger partial charge in [0.25, 0.3) is 0 Å². The highest BCUT2D eigenvalue weighted by molar-refractivity contribution is 7.99. The minimum absolute atomic E-state index is 0.117. The summed E-state index contributed by atoms with van der Waals surface area (Å²) in [5, 5.41) is 12.0. The first-order valence-electron chi connectivity index (χ1n) is 8.61. The van der Waals surface area contributed by atoms with E-state index in [0.29, 0.717) is 5.16 Å². The number of carbonyl (C=O) groups is 1. The summed E-state index contributed by atoms with van der Waals surface area (Å²) in [6.07, 6.45) is 0. The number of aromatic nitrogens is 3. The third-order valence-electron chi connectivity index (χ3n) is 4.23. The van der Waals surface area contributed by atoms with E-state index >= 15 is 0 Å². The number of aryl methyl sites for hydroxylation is 2. The van der Waals surface area contributed by atoms with Crippen molar-refractivity contribution in [2.75, 3.05) is 5.75 Å². The molecule has 1 aromatic heterocycles. The molecule has 0 radical (unpaired) electrons. The maximum absolute atomic E-state index is 13.0. The quantitative estimate of drug-likeness (QED) is 0.653.